The van der Waals surface area contributed by atoms with E-state index in [0.717, 1.165) is 29.0 Å². The minimum atomic E-state index is 0.508. The minimum absolute atomic E-state index is 0.508. The van der Waals surface area contributed by atoms with Gasteiger partial charge in [0.05, 0.1) is 34.5 Å². The third-order valence-corrected chi connectivity index (χ3v) is 3.20. The Morgan fingerprint density at radius 1 is 1.35 bits per heavy atom. The van der Waals surface area contributed by atoms with Crippen LogP contribution >= 0.6 is 0 Å². The van der Waals surface area contributed by atoms with Crippen LogP contribution in [0.4, 0.5) is 0 Å². The van der Waals surface area contributed by atoms with Gasteiger partial charge in [-0.3, -0.25) is 0 Å². The number of benzene rings is 1. The van der Waals surface area contributed by atoms with E-state index in [-0.39, 0.29) is 0 Å². The number of hydrogen-bond acceptors (Lipinski definition) is 3. The van der Waals surface area contributed by atoms with E-state index in [1.54, 1.807) is 12.5 Å². The molecule has 100 valence electrons. The highest BCUT2D eigenvalue weighted by Gasteiger charge is 2.14. The lowest BCUT2D eigenvalue weighted by Gasteiger charge is -2.10. The Kier molecular flexibility index (Phi) is 3.03. The van der Waals surface area contributed by atoms with Gasteiger partial charge in [0.2, 0.25) is 0 Å². The number of imidazole rings is 1. The molecule has 0 saturated heterocycles. The van der Waals surface area contributed by atoms with E-state index >= 15 is 0 Å². The van der Waals surface area contributed by atoms with Crippen molar-refractivity contribution in [2.24, 2.45) is 5.92 Å². The van der Waals surface area contributed by atoms with Crippen molar-refractivity contribution in [1.82, 2.24) is 9.55 Å². The third kappa shape index (κ3) is 2.08. The predicted octanol–water partition coefficient (Wildman–Crippen LogP) is 3.82. The second-order valence-corrected chi connectivity index (χ2v) is 5.27. The van der Waals surface area contributed by atoms with Gasteiger partial charge in [0.15, 0.2) is 0 Å². The fourth-order valence-electron chi connectivity index (χ4n) is 2.36. The monoisotopic (exact) mass is 265 g/mol. The van der Waals surface area contributed by atoms with Crippen LogP contribution < -0.4 is 0 Å². The van der Waals surface area contributed by atoms with Crippen LogP contribution in [-0.4, -0.2) is 9.55 Å². The van der Waals surface area contributed by atoms with Crippen LogP contribution in [0.25, 0.3) is 22.4 Å². The highest BCUT2D eigenvalue weighted by Crippen LogP contribution is 2.26. The van der Waals surface area contributed by atoms with E-state index in [1.807, 2.05) is 24.3 Å². The smallest absolute Gasteiger partial charge is 0.144 e. The topological polar surface area (TPSA) is 54.8 Å². The van der Waals surface area contributed by atoms with E-state index in [4.69, 9.17) is 9.68 Å². The van der Waals surface area contributed by atoms with Crippen molar-refractivity contribution >= 4 is 11.0 Å². The summed E-state index contributed by atoms with van der Waals surface area (Å²) in [7, 11) is 0. The van der Waals surface area contributed by atoms with Crippen LogP contribution in [0.5, 0.6) is 0 Å². The van der Waals surface area contributed by atoms with Gasteiger partial charge >= 0.3 is 0 Å². The van der Waals surface area contributed by atoms with Crippen molar-refractivity contribution in [3.05, 3.63) is 42.4 Å². The van der Waals surface area contributed by atoms with E-state index in [0.29, 0.717) is 11.5 Å². The Bertz CT molecular complexity index is 776. The van der Waals surface area contributed by atoms with Crippen LogP contribution in [0.15, 0.2) is 41.2 Å². The quantitative estimate of drug-likeness (QED) is 0.723. The van der Waals surface area contributed by atoms with Crippen molar-refractivity contribution in [3.63, 3.8) is 0 Å². The molecule has 20 heavy (non-hydrogen) atoms. The zero-order valence-electron chi connectivity index (χ0n) is 11.5. The molecule has 0 N–H and O–H groups in total. The maximum absolute atomic E-state index is 9.00. The summed E-state index contributed by atoms with van der Waals surface area (Å²) >= 11 is 0. The zero-order chi connectivity index (χ0) is 14.1. The van der Waals surface area contributed by atoms with Crippen LogP contribution in [0, 0.1) is 17.2 Å². The first-order valence-electron chi connectivity index (χ1n) is 6.62. The van der Waals surface area contributed by atoms with Gasteiger partial charge < -0.3 is 8.98 Å². The molecule has 0 bridgehead atoms. The first kappa shape index (κ1) is 12.5. The molecule has 0 fully saturated rings. The molecule has 4 heteroatoms. The van der Waals surface area contributed by atoms with Crippen molar-refractivity contribution in [1.29, 1.82) is 5.26 Å². The summed E-state index contributed by atoms with van der Waals surface area (Å²) in [5.74, 6) is 1.39. The number of fused-ring (bicyclic) bond motifs is 1. The molecule has 0 aliphatic rings. The Morgan fingerprint density at radius 2 is 2.20 bits per heavy atom. The Morgan fingerprint density at radius 3 is 2.85 bits per heavy atom. The van der Waals surface area contributed by atoms with Crippen molar-refractivity contribution in [2.45, 2.75) is 20.4 Å². The molecule has 0 atom stereocenters. The van der Waals surface area contributed by atoms with Crippen LogP contribution in [0.1, 0.15) is 19.4 Å². The number of aromatic nitrogens is 2. The summed E-state index contributed by atoms with van der Waals surface area (Å²) in [6.45, 7) is 5.23. The molecule has 0 radical (unpaired) electrons. The lowest BCUT2D eigenvalue weighted by Crippen LogP contribution is -2.05. The molecular weight excluding hydrogens is 250 g/mol. The van der Waals surface area contributed by atoms with Crippen LogP contribution in [-0.2, 0) is 6.54 Å². The summed E-state index contributed by atoms with van der Waals surface area (Å²) in [6, 6.07) is 9.69. The van der Waals surface area contributed by atoms with Crippen LogP contribution in [0.2, 0.25) is 0 Å². The molecule has 0 aliphatic heterocycles. The number of furan rings is 1. The molecular formula is C16H15N3O. The van der Waals surface area contributed by atoms with Crippen LogP contribution in [0.3, 0.4) is 0 Å². The lowest BCUT2D eigenvalue weighted by atomic mass is 10.2. The lowest BCUT2D eigenvalue weighted by molar-refractivity contribution is 0.535. The van der Waals surface area contributed by atoms with Gasteiger partial charge in [-0.25, -0.2) is 4.98 Å². The SMILES string of the molecule is CC(C)Cn1c(-c2ccoc2)nc2cc(C#N)ccc21. The van der Waals surface area contributed by atoms with E-state index in [1.165, 1.54) is 0 Å². The summed E-state index contributed by atoms with van der Waals surface area (Å²) in [6.07, 6.45) is 3.35. The fourth-order valence-corrected chi connectivity index (χ4v) is 2.36. The first-order chi connectivity index (χ1) is 9.69. The highest BCUT2D eigenvalue weighted by molar-refractivity contribution is 5.81. The Hall–Kier alpha value is -2.54. The second-order valence-electron chi connectivity index (χ2n) is 5.27. The standard InChI is InChI=1S/C16H15N3O/c1-11(2)9-19-15-4-3-12(8-17)7-14(15)18-16(19)13-5-6-20-10-13/h3-7,10-11H,9H2,1-2H3. The molecule has 1 aromatic carbocycles. The van der Waals surface area contributed by atoms with E-state index in [9.17, 15) is 0 Å². The van der Waals surface area contributed by atoms with Gasteiger partial charge in [-0.2, -0.15) is 5.26 Å². The molecule has 3 aromatic rings. The molecule has 0 aliphatic carbocycles. The summed E-state index contributed by atoms with van der Waals surface area (Å²) < 4.78 is 7.35. The number of rotatable bonds is 3. The van der Waals surface area contributed by atoms with Gasteiger partial charge in [-0.05, 0) is 30.2 Å². The maximum atomic E-state index is 9.00. The number of nitrogens with zero attached hydrogens (tertiary/aromatic N) is 3. The molecule has 2 aromatic heterocycles. The molecule has 4 nitrogen and oxygen atoms in total. The molecule has 3 rings (SSSR count). The maximum Gasteiger partial charge on any atom is 0.144 e. The molecule has 0 amide bonds. The van der Waals surface area contributed by atoms with Gasteiger partial charge in [0.25, 0.3) is 0 Å². The molecule has 0 saturated carbocycles. The number of hydrogen-bond donors (Lipinski definition) is 0. The molecule has 0 spiro atoms. The minimum Gasteiger partial charge on any atom is -0.472 e. The van der Waals surface area contributed by atoms with Crippen molar-refractivity contribution in [3.8, 4) is 17.5 Å². The van der Waals surface area contributed by atoms with E-state index < -0.39 is 0 Å². The van der Waals surface area contributed by atoms with Crippen molar-refractivity contribution in [2.75, 3.05) is 0 Å². The Balaban J connectivity index is 2.24. The van der Waals surface area contributed by atoms with Gasteiger partial charge in [-0.15, -0.1) is 0 Å². The largest absolute Gasteiger partial charge is 0.472 e. The summed E-state index contributed by atoms with van der Waals surface area (Å²) in [4.78, 5) is 4.67. The van der Waals surface area contributed by atoms with Gasteiger partial charge in [0.1, 0.15) is 12.1 Å². The third-order valence-electron chi connectivity index (χ3n) is 3.20. The average Bonchev–Trinajstić information content (AvgIpc) is 3.05. The average molecular weight is 265 g/mol. The number of nitriles is 1. The predicted molar refractivity (Wildman–Crippen MR) is 77.0 cm³/mol. The molecule has 2 heterocycles. The fraction of sp³-hybridized carbons (Fsp3) is 0.250. The van der Waals surface area contributed by atoms with Crippen molar-refractivity contribution < 1.29 is 4.42 Å². The summed E-state index contributed by atoms with van der Waals surface area (Å²) in [5.41, 5.74) is 3.49. The van der Waals surface area contributed by atoms with Gasteiger partial charge in [-0.1, -0.05) is 13.8 Å². The van der Waals surface area contributed by atoms with Gasteiger partial charge in [0, 0.05) is 6.54 Å². The van der Waals surface area contributed by atoms with E-state index in [2.05, 4.69) is 29.5 Å². The first-order valence-corrected chi connectivity index (χ1v) is 6.62. The summed E-state index contributed by atoms with van der Waals surface area (Å²) in [5, 5.41) is 9.00. The normalized spacial score (nSPS) is 11.1. The zero-order valence-corrected chi connectivity index (χ0v) is 11.5. The molecule has 0 unspecified atom stereocenters. The Labute approximate surface area is 117 Å². The second kappa shape index (κ2) is 4.86. The highest BCUT2D eigenvalue weighted by atomic mass is 16.3.